The average molecular weight is 398 g/mol. The van der Waals surface area contributed by atoms with E-state index in [1.807, 2.05) is 12.1 Å². The molecule has 1 aromatic heterocycles. The lowest BCUT2D eigenvalue weighted by Crippen LogP contribution is -2.04. The molecule has 1 fully saturated rings. The van der Waals surface area contributed by atoms with Gasteiger partial charge in [-0.2, -0.15) is 0 Å². The molecule has 0 atom stereocenters. The Kier molecular flexibility index (Phi) is 6.03. The fraction of sp³-hybridized carbons (Fsp3) is 0.348. The van der Waals surface area contributed by atoms with Crippen LogP contribution in [-0.4, -0.2) is 10.1 Å². The number of ether oxygens (including phenoxy) is 1. The van der Waals surface area contributed by atoms with Crippen LogP contribution in [0.25, 0.3) is 11.3 Å². The lowest BCUT2D eigenvalue weighted by Gasteiger charge is -2.22. The summed E-state index contributed by atoms with van der Waals surface area (Å²) >= 11 is 1.42. The molecule has 2 aromatic carbocycles. The van der Waals surface area contributed by atoms with E-state index in [0.29, 0.717) is 17.5 Å². The van der Waals surface area contributed by atoms with Crippen LogP contribution in [0.5, 0.6) is 5.75 Å². The summed E-state index contributed by atoms with van der Waals surface area (Å²) < 4.78 is 19.2. The molecule has 1 aliphatic rings. The number of aromatic nitrogens is 1. The van der Waals surface area contributed by atoms with Crippen molar-refractivity contribution in [2.45, 2.75) is 51.2 Å². The Morgan fingerprint density at radius 3 is 2.39 bits per heavy atom. The zero-order valence-electron chi connectivity index (χ0n) is 15.7. The number of aliphatic hydroxyl groups excluding tert-OH is 1. The van der Waals surface area contributed by atoms with Gasteiger partial charge < -0.3 is 9.84 Å². The van der Waals surface area contributed by atoms with Crippen molar-refractivity contribution in [3.8, 4) is 17.0 Å². The molecular formula is C23H24FNO2S. The standard InChI is InChI=1S/C23H24FNO2S/c24-19-10-6-18(7-11-19)23-21(28-22(14-26)25-23)15-27-20-12-8-17(9-13-20)16-4-2-1-3-5-16/h6-13,16,26H,1-5,14-15H2. The van der Waals surface area contributed by atoms with Crippen LogP contribution in [0.3, 0.4) is 0 Å². The third kappa shape index (κ3) is 4.42. The van der Waals surface area contributed by atoms with Gasteiger partial charge in [0.05, 0.1) is 17.2 Å². The van der Waals surface area contributed by atoms with E-state index < -0.39 is 0 Å². The molecule has 0 amide bonds. The van der Waals surface area contributed by atoms with Crippen molar-refractivity contribution in [2.75, 3.05) is 0 Å². The second kappa shape index (κ2) is 8.84. The van der Waals surface area contributed by atoms with Gasteiger partial charge in [0.1, 0.15) is 23.2 Å². The second-order valence-electron chi connectivity index (χ2n) is 7.24. The Balaban J connectivity index is 1.47. The molecule has 0 aliphatic heterocycles. The number of hydrogen-bond donors (Lipinski definition) is 1. The molecule has 5 heteroatoms. The first-order chi connectivity index (χ1) is 13.7. The largest absolute Gasteiger partial charge is 0.488 e. The van der Waals surface area contributed by atoms with Crippen molar-refractivity contribution in [3.05, 3.63) is 69.8 Å². The predicted octanol–water partition coefficient (Wildman–Crippen LogP) is 6.07. The number of nitrogens with zero attached hydrogens (tertiary/aromatic N) is 1. The normalized spacial score (nSPS) is 14.9. The van der Waals surface area contributed by atoms with E-state index in [0.717, 1.165) is 21.9 Å². The van der Waals surface area contributed by atoms with Gasteiger partial charge in [0.15, 0.2) is 0 Å². The van der Waals surface area contributed by atoms with Crippen molar-refractivity contribution in [3.63, 3.8) is 0 Å². The highest BCUT2D eigenvalue weighted by atomic mass is 32.1. The van der Waals surface area contributed by atoms with Crippen LogP contribution in [0, 0.1) is 5.82 Å². The summed E-state index contributed by atoms with van der Waals surface area (Å²) in [4.78, 5) is 5.41. The van der Waals surface area contributed by atoms with Gasteiger partial charge in [0, 0.05) is 5.56 Å². The van der Waals surface area contributed by atoms with Gasteiger partial charge in [-0.25, -0.2) is 9.37 Å². The van der Waals surface area contributed by atoms with Crippen molar-refractivity contribution < 1.29 is 14.2 Å². The summed E-state index contributed by atoms with van der Waals surface area (Å²) in [6.07, 6.45) is 6.58. The third-order valence-electron chi connectivity index (χ3n) is 5.32. The number of thiazole rings is 1. The molecule has 1 aliphatic carbocycles. The first-order valence-electron chi connectivity index (χ1n) is 9.81. The van der Waals surface area contributed by atoms with Crippen LogP contribution < -0.4 is 4.74 Å². The first-order valence-corrected chi connectivity index (χ1v) is 10.6. The molecule has 4 rings (SSSR count). The Bertz CT molecular complexity index is 899. The van der Waals surface area contributed by atoms with Crippen molar-refractivity contribution >= 4 is 11.3 Å². The van der Waals surface area contributed by atoms with Crippen molar-refractivity contribution in [1.29, 1.82) is 0 Å². The quantitative estimate of drug-likeness (QED) is 0.549. The number of halogens is 1. The lowest BCUT2D eigenvalue weighted by molar-refractivity contribution is 0.281. The SMILES string of the molecule is OCc1nc(-c2ccc(F)cc2)c(COc2ccc(C3CCCCC3)cc2)s1. The summed E-state index contributed by atoms with van der Waals surface area (Å²) in [5, 5.41) is 10.1. The number of rotatable bonds is 6. The maximum atomic E-state index is 13.2. The topological polar surface area (TPSA) is 42.4 Å². The summed E-state index contributed by atoms with van der Waals surface area (Å²) in [6, 6.07) is 14.7. The molecule has 0 spiro atoms. The Morgan fingerprint density at radius 1 is 1.00 bits per heavy atom. The van der Waals surface area contributed by atoms with Gasteiger partial charge in [-0.05, 0) is 60.7 Å². The maximum absolute atomic E-state index is 13.2. The third-order valence-corrected chi connectivity index (χ3v) is 6.33. The summed E-state index contributed by atoms with van der Waals surface area (Å²) in [5.41, 5.74) is 2.97. The highest BCUT2D eigenvalue weighted by Crippen LogP contribution is 2.34. The molecule has 0 radical (unpaired) electrons. The molecule has 0 bridgehead atoms. The fourth-order valence-electron chi connectivity index (χ4n) is 3.82. The molecule has 3 nitrogen and oxygen atoms in total. The minimum Gasteiger partial charge on any atom is -0.488 e. The van der Waals surface area contributed by atoms with Gasteiger partial charge in [-0.1, -0.05) is 31.4 Å². The summed E-state index contributed by atoms with van der Waals surface area (Å²) in [7, 11) is 0. The monoisotopic (exact) mass is 397 g/mol. The molecule has 1 N–H and O–H groups in total. The van der Waals surface area contributed by atoms with Crippen LogP contribution in [0.4, 0.5) is 4.39 Å². The minimum absolute atomic E-state index is 0.116. The van der Waals surface area contributed by atoms with Gasteiger partial charge in [-0.3, -0.25) is 0 Å². The number of aliphatic hydroxyl groups is 1. The zero-order chi connectivity index (χ0) is 19.3. The molecular weight excluding hydrogens is 373 g/mol. The molecule has 28 heavy (non-hydrogen) atoms. The van der Waals surface area contributed by atoms with E-state index in [-0.39, 0.29) is 12.4 Å². The van der Waals surface area contributed by atoms with Crippen LogP contribution in [0.2, 0.25) is 0 Å². The van der Waals surface area contributed by atoms with E-state index in [4.69, 9.17) is 4.74 Å². The van der Waals surface area contributed by atoms with E-state index in [9.17, 15) is 9.50 Å². The van der Waals surface area contributed by atoms with Crippen LogP contribution in [-0.2, 0) is 13.2 Å². The van der Waals surface area contributed by atoms with E-state index >= 15 is 0 Å². The van der Waals surface area contributed by atoms with Gasteiger partial charge in [0.2, 0.25) is 0 Å². The lowest BCUT2D eigenvalue weighted by atomic mass is 9.84. The molecule has 1 heterocycles. The smallest absolute Gasteiger partial charge is 0.125 e. The highest BCUT2D eigenvalue weighted by Gasteiger charge is 2.16. The van der Waals surface area contributed by atoms with E-state index in [1.54, 1.807) is 12.1 Å². The molecule has 146 valence electrons. The van der Waals surface area contributed by atoms with Gasteiger partial charge in [-0.15, -0.1) is 11.3 Å². The predicted molar refractivity (Wildman–Crippen MR) is 110 cm³/mol. The van der Waals surface area contributed by atoms with Crippen LogP contribution in [0.15, 0.2) is 48.5 Å². The van der Waals surface area contributed by atoms with E-state index in [2.05, 4.69) is 17.1 Å². The maximum Gasteiger partial charge on any atom is 0.125 e. The van der Waals surface area contributed by atoms with E-state index in [1.165, 1.54) is 61.1 Å². The van der Waals surface area contributed by atoms with Crippen LogP contribution >= 0.6 is 11.3 Å². The van der Waals surface area contributed by atoms with Crippen molar-refractivity contribution in [1.82, 2.24) is 4.98 Å². The number of benzene rings is 2. The Morgan fingerprint density at radius 2 is 1.71 bits per heavy atom. The van der Waals surface area contributed by atoms with Crippen molar-refractivity contribution in [2.24, 2.45) is 0 Å². The van der Waals surface area contributed by atoms with Crippen LogP contribution in [0.1, 0.15) is 53.5 Å². The van der Waals surface area contributed by atoms with Gasteiger partial charge in [0.25, 0.3) is 0 Å². The van der Waals surface area contributed by atoms with Gasteiger partial charge >= 0.3 is 0 Å². The minimum atomic E-state index is -0.280. The summed E-state index contributed by atoms with van der Waals surface area (Å²) in [5.74, 6) is 1.22. The average Bonchev–Trinajstić information content (AvgIpc) is 3.17. The molecule has 0 unspecified atom stereocenters. The second-order valence-corrected chi connectivity index (χ2v) is 8.41. The Hall–Kier alpha value is -2.24. The molecule has 3 aromatic rings. The first kappa shape index (κ1) is 19.1. The zero-order valence-corrected chi connectivity index (χ0v) is 16.6. The summed E-state index contributed by atoms with van der Waals surface area (Å²) in [6.45, 7) is 0.252. The molecule has 1 saturated carbocycles. The Labute approximate surface area is 168 Å². The highest BCUT2D eigenvalue weighted by molar-refractivity contribution is 7.12. The number of hydrogen-bond acceptors (Lipinski definition) is 4. The fourth-order valence-corrected chi connectivity index (χ4v) is 4.68. The molecule has 0 saturated heterocycles.